The first-order valence-electron chi connectivity index (χ1n) is 6.72. The molecule has 1 amide bonds. The van der Waals surface area contributed by atoms with Gasteiger partial charge >= 0.3 is 5.97 Å². The van der Waals surface area contributed by atoms with Crippen LogP contribution in [0.5, 0.6) is 0 Å². The molecule has 0 radical (unpaired) electrons. The number of carbonyl (C=O) groups is 2. The van der Waals surface area contributed by atoms with E-state index >= 15 is 0 Å². The van der Waals surface area contributed by atoms with Crippen LogP contribution in [-0.4, -0.2) is 23.5 Å². The van der Waals surface area contributed by atoms with Crippen LogP contribution in [0.2, 0.25) is 0 Å². The third-order valence-electron chi connectivity index (χ3n) is 2.95. The van der Waals surface area contributed by atoms with Crippen LogP contribution in [0.15, 0.2) is 6.07 Å². The minimum absolute atomic E-state index is 0.240. The van der Waals surface area contributed by atoms with Gasteiger partial charge in [0.2, 0.25) is 5.91 Å². The summed E-state index contributed by atoms with van der Waals surface area (Å²) in [6.07, 6.45) is -0.280. The third kappa shape index (κ3) is 3.07. The van der Waals surface area contributed by atoms with E-state index in [0.717, 1.165) is 11.3 Å². The van der Waals surface area contributed by atoms with Crippen LogP contribution in [0.4, 0.5) is 5.69 Å². The molecule has 0 unspecified atom stereocenters. The molecule has 0 bridgehead atoms. The summed E-state index contributed by atoms with van der Waals surface area (Å²) in [7, 11) is 0. The molecular formula is C15H15N3O3S. The lowest BCUT2D eigenvalue weighted by Crippen LogP contribution is -2.13. The van der Waals surface area contributed by atoms with Gasteiger partial charge in [-0.3, -0.25) is 4.79 Å². The number of carbonyl (C=O) groups excluding carboxylic acids is 2. The molecule has 0 aliphatic carbocycles. The Balaban J connectivity index is 2.62. The minimum atomic E-state index is -0.505. The predicted molar refractivity (Wildman–Crippen MR) is 83.9 cm³/mol. The maximum absolute atomic E-state index is 12.1. The van der Waals surface area contributed by atoms with E-state index in [1.165, 1.54) is 11.3 Å². The van der Waals surface area contributed by atoms with Crippen molar-refractivity contribution >= 4 is 39.1 Å². The molecule has 114 valence electrons. The fraction of sp³-hybridized carbons (Fsp3) is 0.333. The van der Waals surface area contributed by atoms with Gasteiger partial charge in [0, 0.05) is 11.1 Å². The monoisotopic (exact) mass is 317 g/mol. The molecule has 0 aromatic carbocycles. The highest BCUT2D eigenvalue weighted by atomic mass is 32.1. The largest absolute Gasteiger partial charge is 0.462 e. The number of aryl methyl sites for hydroxylation is 2. The number of rotatable bonds is 4. The average molecular weight is 317 g/mol. The van der Waals surface area contributed by atoms with E-state index in [4.69, 9.17) is 10.00 Å². The second kappa shape index (κ2) is 6.54. The second-order valence-electron chi connectivity index (χ2n) is 4.67. The van der Waals surface area contributed by atoms with E-state index in [0.29, 0.717) is 20.8 Å². The predicted octanol–water partition coefficient (Wildman–Crippen LogP) is 2.94. The molecule has 2 aromatic heterocycles. The molecule has 0 fully saturated rings. The van der Waals surface area contributed by atoms with Gasteiger partial charge in [-0.15, -0.1) is 11.3 Å². The zero-order valence-corrected chi connectivity index (χ0v) is 13.3. The van der Waals surface area contributed by atoms with Gasteiger partial charge in [-0.05, 0) is 32.4 Å². The molecule has 6 nitrogen and oxygen atoms in total. The van der Waals surface area contributed by atoms with Crippen molar-refractivity contribution in [1.29, 1.82) is 5.26 Å². The summed E-state index contributed by atoms with van der Waals surface area (Å²) < 4.78 is 5.04. The zero-order valence-electron chi connectivity index (χ0n) is 12.5. The number of amides is 1. The Hall–Kier alpha value is -2.46. The fourth-order valence-electron chi connectivity index (χ4n) is 2.16. The number of nitrogens with zero attached hydrogens (tertiary/aromatic N) is 2. The van der Waals surface area contributed by atoms with E-state index in [-0.39, 0.29) is 13.0 Å². The number of thiophene rings is 1. The molecule has 2 heterocycles. The Morgan fingerprint density at radius 1 is 1.45 bits per heavy atom. The van der Waals surface area contributed by atoms with Crippen LogP contribution in [0, 0.1) is 25.2 Å². The Kier molecular flexibility index (Phi) is 4.73. The number of hydrogen-bond donors (Lipinski definition) is 1. The SMILES string of the molecule is CCOC(=O)c1sc2nc(C)cc(C)c2c1NC(=O)CC#N. The lowest BCUT2D eigenvalue weighted by molar-refractivity contribution is -0.115. The minimum Gasteiger partial charge on any atom is -0.462 e. The van der Waals surface area contributed by atoms with Crippen molar-refractivity contribution in [3.05, 3.63) is 22.2 Å². The number of esters is 1. The van der Waals surface area contributed by atoms with Crippen LogP contribution in [0.3, 0.4) is 0 Å². The summed E-state index contributed by atoms with van der Waals surface area (Å²) in [5, 5.41) is 12.0. The number of fused-ring (bicyclic) bond motifs is 1. The standard InChI is InChI=1S/C15H15N3O3S/c1-4-21-15(20)13-12(18-10(19)5-6-16)11-8(2)7-9(3)17-14(11)22-13/h7H,4-5H2,1-3H3,(H,18,19). The van der Waals surface area contributed by atoms with Gasteiger partial charge in [0.05, 0.1) is 18.4 Å². The van der Waals surface area contributed by atoms with Crippen LogP contribution in [-0.2, 0) is 9.53 Å². The lowest BCUT2D eigenvalue weighted by atomic mass is 10.1. The number of nitrogens with one attached hydrogen (secondary N) is 1. The van der Waals surface area contributed by atoms with Crippen molar-refractivity contribution in [2.45, 2.75) is 27.2 Å². The van der Waals surface area contributed by atoms with Crippen LogP contribution in [0.1, 0.15) is 34.3 Å². The smallest absolute Gasteiger partial charge is 0.350 e. The number of pyridine rings is 1. The second-order valence-corrected chi connectivity index (χ2v) is 5.67. The van der Waals surface area contributed by atoms with Crippen molar-refractivity contribution in [2.75, 3.05) is 11.9 Å². The molecule has 0 spiro atoms. The van der Waals surface area contributed by atoms with E-state index < -0.39 is 11.9 Å². The molecule has 0 aliphatic rings. The number of ether oxygens (including phenoxy) is 1. The molecule has 1 N–H and O–H groups in total. The van der Waals surface area contributed by atoms with Gasteiger partial charge in [-0.1, -0.05) is 0 Å². The first-order chi connectivity index (χ1) is 10.5. The van der Waals surface area contributed by atoms with Gasteiger partial charge in [0.15, 0.2) is 0 Å². The summed E-state index contributed by atoms with van der Waals surface area (Å²) in [5.74, 6) is -0.970. The molecule has 22 heavy (non-hydrogen) atoms. The average Bonchev–Trinajstić information content (AvgIpc) is 2.78. The van der Waals surface area contributed by atoms with E-state index in [2.05, 4.69) is 10.3 Å². The molecule has 0 saturated carbocycles. The topological polar surface area (TPSA) is 92.1 Å². The van der Waals surface area contributed by atoms with Crippen molar-refractivity contribution in [2.24, 2.45) is 0 Å². The summed E-state index contributed by atoms with van der Waals surface area (Å²) in [6, 6.07) is 3.66. The normalized spacial score (nSPS) is 10.3. The summed E-state index contributed by atoms with van der Waals surface area (Å²) in [6.45, 7) is 5.71. The Labute approximate surface area is 131 Å². The molecule has 2 aromatic rings. The Morgan fingerprint density at radius 3 is 2.82 bits per heavy atom. The molecule has 0 atom stereocenters. The quantitative estimate of drug-likeness (QED) is 0.875. The molecular weight excluding hydrogens is 302 g/mol. The number of anilines is 1. The zero-order chi connectivity index (χ0) is 16.3. The molecule has 0 aliphatic heterocycles. The van der Waals surface area contributed by atoms with E-state index in [9.17, 15) is 9.59 Å². The third-order valence-corrected chi connectivity index (χ3v) is 4.02. The fourth-order valence-corrected chi connectivity index (χ4v) is 3.30. The van der Waals surface area contributed by atoms with Crippen molar-refractivity contribution in [1.82, 2.24) is 4.98 Å². The summed E-state index contributed by atoms with van der Waals surface area (Å²) in [4.78, 5) is 29.2. The highest BCUT2D eigenvalue weighted by Gasteiger charge is 2.23. The molecule has 0 saturated heterocycles. The van der Waals surface area contributed by atoms with Crippen molar-refractivity contribution in [3.8, 4) is 6.07 Å². The molecule has 2 rings (SSSR count). The summed E-state index contributed by atoms with van der Waals surface area (Å²) >= 11 is 1.18. The maximum atomic E-state index is 12.1. The number of hydrogen-bond acceptors (Lipinski definition) is 6. The van der Waals surface area contributed by atoms with E-state index in [1.54, 1.807) is 13.0 Å². The van der Waals surface area contributed by atoms with Gasteiger partial charge in [-0.2, -0.15) is 5.26 Å². The van der Waals surface area contributed by atoms with Gasteiger partial charge in [-0.25, -0.2) is 9.78 Å². The first kappa shape index (κ1) is 15.9. The molecule has 7 heteroatoms. The van der Waals surface area contributed by atoms with Crippen LogP contribution >= 0.6 is 11.3 Å². The Morgan fingerprint density at radius 2 is 2.18 bits per heavy atom. The van der Waals surface area contributed by atoms with Gasteiger partial charge in [0.25, 0.3) is 0 Å². The highest BCUT2D eigenvalue weighted by molar-refractivity contribution is 7.21. The van der Waals surface area contributed by atoms with Crippen LogP contribution in [0.25, 0.3) is 10.2 Å². The van der Waals surface area contributed by atoms with E-state index in [1.807, 2.05) is 19.9 Å². The van der Waals surface area contributed by atoms with Crippen molar-refractivity contribution in [3.63, 3.8) is 0 Å². The number of aromatic nitrogens is 1. The van der Waals surface area contributed by atoms with Crippen molar-refractivity contribution < 1.29 is 14.3 Å². The summed E-state index contributed by atoms with van der Waals surface area (Å²) in [5.41, 5.74) is 2.11. The Bertz CT molecular complexity index is 789. The lowest BCUT2D eigenvalue weighted by Gasteiger charge is -2.07. The first-order valence-corrected chi connectivity index (χ1v) is 7.54. The highest BCUT2D eigenvalue weighted by Crippen LogP contribution is 2.37. The maximum Gasteiger partial charge on any atom is 0.350 e. The van der Waals surface area contributed by atoms with Gasteiger partial charge < -0.3 is 10.1 Å². The van der Waals surface area contributed by atoms with Gasteiger partial charge in [0.1, 0.15) is 16.1 Å². The number of nitriles is 1. The van der Waals surface area contributed by atoms with Crippen LogP contribution < -0.4 is 5.32 Å².